The van der Waals surface area contributed by atoms with E-state index < -0.39 is 10.1 Å². The minimum absolute atomic E-state index is 0.141. The highest BCUT2D eigenvalue weighted by Gasteiger charge is 2.20. The van der Waals surface area contributed by atoms with Crippen molar-refractivity contribution < 1.29 is 17.7 Å². The van der Waals surface area contributed by atoms with E-state index in [1.807, 2.05) is 31.2 Å². The third-order valence-corrected chi connectivity index (χ3v) is 7.94. The summed E-state index contributed by atoms with van der Waals surface area (Å²) in [5, 5.41) is 10.6. The van der Waals surface area contributed by atoms with E-state index in [0.717, 1.165) is 61.8 Å². The van der Waals surface area contributed by atoms with Crippen molar-refractivity contribution in [1.29, 1.82) is 0 Å². The Morgan fingerprint density at radius 2 is 1.53 bits per heavy atom. The van der Waals surface area contributed by atoms with Crippen molar-refractivity contribution in [3.63, 3.8) is 0 Å². The number of hydrogen-bond donors (Lipinski definition) is 1. The molecule has 3 aromatic carbocycles. The molecule has 3 aromatic rings. The number of hydrogen-bond acceptors (Lipinski definition) is 7. The number of aromatic hydroxyl groups is 1. The maximum Gasteiger partial charge on any atom is 0.339 e. The monoisotopic (exact) mass is 509 g/mol. The third-order valence-electron chi connectivity index (χ3n) is 6.68. The van der Waals surface area contributed by atoms with Gasteiger partial charge in [-0.25, -0.2) is 0 Å². The van der Waals surface area contributed by atoms with Crippen molar-refractivity contribution >= 4 is 21.5 Å². The maximum atomic E-state index is 12.5. The summed E-state index contributed by atoms with van der Waals surface area (Å²) in [4.78, 5) is 6.98. The molecule has 0 atom stereocenters. The number of nitrogens with zero attached hydrogens (tertiary/aromatic N) is 3. The lowest BCUT2D eigenvalue weighted by Gasteiger charge is -2.36. The van der Waals surface area contributed by atoms with Crippen LogP contribution >= 0.6 is 0 Å². The van der Waals surface area contributed by atoms with Gasteiger partial charge in [-0.1, -0.05) is 23.8 Å². The Morgan fingerprint density at radius 1 is 0.889 bits per heavy atom. The Labute approximate surface area is 214 Å². The summed E-state index contributed by atoms with van der Waals surface area (Å²) in [6.45, 7) is 12.1. The van der Waals surface area contributed by atoms with Gasteiger partial charge in [-0.2, -0.15) is 8.42 Å². The quantitative estimate of drug-likeness (QED) is 0.422. The van der Waals surface area contributed by atoms with Gasteiger partial charge in [0.05, 0.1) is 0 Å². The second-order valence-electron chi connectivity index (χ2n) is 9.09. The zero-order chi connectivity index (χ0) is 25.7. The fourth-order valence-corrected chi connectivity index (χ4v) is 5.40. The van der Waals surface area contributed by atoms with Crippen molar-refractivity contribution in [2.24, 2.45) is 0 Å². The molecule has 1 N–H and O–H groups in total. The molecule has 36 heavy (non-hydrogen) atoms. The van der Waals surface area contributed by atoms with Crippen LogP contribution in [0.15, 0.2) is 71.6 Å². The molecule has 0 aromatic heterocycles. The average molecular weight is 510 g/mol. The predicted molar refractivity (Wildman–Crippen MR) is 145 cm³/mol. The van der Waals surface area contributed by atoms with E-state index in [0.29, 0.717) is 18.0 Å². The van der Waals surface area contributed by atoms with Gasteiger partial charge in [-0.15, -0.1) is 0 Å². The van der Waals surface area contributed by atoms with Crippen LogP contribution in [0.2, 0.25) is 0 Å². The minimum atomic E-state index is -3.86. The van der Waals surface area contributed by atoms with Gasteiger partial charge in [0, 0.05) is 68.8 Å². The normalized spacial score (nSPS) is 14.6. The van der Waals surface area contributed by atoms with Crippen LogP contribution in [0.5, 0.6) is 11.5 Å². The Balaban J connectivity index is 1.32. The third kappa shape index (κ3) is 6.12. The van der Waals surface area contributed by atoms with Gasteiger partial charge in [-0.3, -0.25) is 4.90 Å². The summed E-state index contributed by atoms with van der Waals surface area (Å²) in [6, 6.07) is 19.8. The van der Waals surface area contributed by atoms with Gasteiger partial charge in [0.15, 0.2) is 0 Å². The lowest BCUT2D eigenvalue weighted by atomic mass is 10.1. The van der Waals surface area contributed by atoms with Crippen LogP contribution in [-0.4, -0.2) is 57.7 Å². The number of rotatable bonds is 9. The van der Waals surface area contributed by atoms with Crippen LogP contribution in [0.4, 0.5) is 11.4 Å². The molecule has 0 aliphatic carbocycles. The first-order chi connectivity index (χ1) is 17.3. The molecule has 4 rings (SSSR count). The minimum Gasteiger partial charge on any atom is -0.508 e. The number of benzene rings is 3. The summed E-state index contributed by atoms with van der Waals surface area (Å²) < 4.78 is 30.4. The van der Waals surface area contributed by atoms with E-state index in [4.69, 9.17) is 4.18 Å². The summed E-state index contributed by atoms with van der Waals surface area (Å²) in [6.07, 6.45) is 0. The second kappa shape index (κ2) is 11.2. The van der Waals surface area contributed by atoms with E-state index in [1.54, 1.807) is 36.4 Å². The maximum absolute atomic E-state index is 12.5. The van der Waals surface area contributed by atoms with Crippen molar-refractivity contribution in [2.75, 3.05) is 49.1 Å². The summed E-state index contributed by atoms with van der Waals surface area (Å²) >= 11 is 0. The highest BCUT2D eigenvalue weighted by atomic mass is 32.2. The van der Waals surface area contributed by atoms with Gasteiger partial charge in [0.1, 0.15) is 16.4 Å². The molecular weight excluding hydrogens is 474 g/mol. The Kier molecular flexibility index (Phi) is 8.06. The molecule has 0 spiro atoms. The molecule has 192 valence electrons. The Hall–Kier alpha value is -3.23. The molecule has 0 bridgehead atoms. The van der Waals surface area contributed by atoms with Crippen LogP contribution in [0, 0.1) is 6.92 Å². The van der Waals surface area contributed by atoms with Gasteiger partial charge >= 0.3 is 10.1 Å². The standard InChI is InChI=1S/C28H35N3O4S/c1-4-30(5-2)25-9-8-23(28(32)20-25)21-29-16-18-31(19-17-29)24-10-12-26(13-11-24)35-36(33,34)27-14-6-22(3)7-15-27/h6-15,20,32H,4-5,16-19,21H2,1-3H3. The molecule has 1 fully saturated rings. The highest BCUT2D eigenvalue weighted by Crippen LogP contribution is 2.27. The van der Waals surface area contributed by atoms with Crippen LogP contribution in [0.3, 0.4) is 0 Å². The topological polar surface area (TPSA) is 73.3 Å². The smallest absolute Gasteiger partial charge is 0.339 e. The number of anilines is 2. The van der Waals surface area contributed by atoms with E-state index in [9.17, 15) is 13.5 Å². The van der Waals surface area contributed by atoms with E-state index >= 15 is 0 Å². The summed E-state index contributed by atoms with van der Waals surface area (Å²) in [5.41, 5.74) is 4.00. The zero-order valence-electron chi connectivity index (χ0n) is 21.2. The second-order valence-corrected chi connectivity index (χ2v) is 10.6. The first-order valence-corrected chi connectivity index (χ1v) is 13.8. The number of phenols is 1. The molecule has 0 amide bonds. The average Bonchev–Trinajstić information content (AvgIpc) is 2.87. The molecule has 0 unspecified atom stereocenters. The van der Waals surface area contributed by atoms with Crippen LogP contribution in [0.25, 0.3) is 0 Å². The summed E-state index contributed by atoms with van der Waals surface area (Å²) in [7, 11) is -3.86. The molecule has 8 heteroatoms. The highest BCUT2D eigenvalue weighted by molar-refractivity contribution is 7.87. The molecule has 1 heterocycles. The first-order valence-electron chi connectivity index (χ1n) is 12.4. The number of phenolic OH excluding ortho intramolecular Hbond substituents is 1. The van der Waals surface area contributed by atoms with E-state index in [-0.39, 0.29) is 4.90 Å². The fraction of sp³-hybridized carbons (Fsp3) is 0.357. The molecular formula is C28H35N3O4S. The van der Waals surface area contributed by atoms with Crippen LogP contribution in [-0.2, 0) is 16.7 Å². The summed E-state index contributed by atoms with van der Waals surface area (Å²) in [5.74, 6) is 0.639. The molecule has 1 aliphatic rings. The lowest BCUT2D eigenvalue weighted by Crippen LogP contribution is -2.45. The molecule has 1 aliphatic heterocycles. The van der Waals surface area contributed by atoms with Crippen molar-refractivity contribution in [2.45, 2.75) is 32.2 Å². The largest absolute Gasteiger partial charge is 0.508 e. The molecule has 0 saturated carbocycles. The Morgan fingerprint density at radius 3 is 2.11 bits per heavy atom. The van der Waals surface area contributed by atoms with Crippen molar-refractivity contribution in [3.05, 3.63) is 77.9 Å². The SMILES string of the molecule is CCN(CC)c1ccc(CN2CCN(c3ccc(OS(=O)(=O)c4ccc(C)cc4)cc3)CC2)c(O)c1. The van der Waals surface area contributed by atoms with Crippen LogP contribution < -0.4 is 14.0 Å². The zero-order valence-corrected chi connectivity index (χ0v) is 22.0. The van der Waals surface area contributed by atoms with Gasteiger partial charge < -0.3 is 19.1 Å². The number of aryl methyl sites for hydroxylation is 1. The molecule has 7 nitrogen and oxygen atoms in total. The van der Waals surface area contributed by atoms with Gasteiger partial charge in [0.2, 0.25) is 0 Å². The first kappa shape index (κ1) is 25.9. The number of piperazine rings is 1. The molecule has 1 saturated heterocycles. The fourth-order valence-electron chi connectivity index (χ4n) is 4.47. The van der Waals surface area contributed by atoms with Crippen molar-refractivity contribution in [3.8, 4) is 11.5 Å². The lowest BCUT2D eigenvalue weighted by molar-refractivity contribution is 0.247. The predicted octanol–water partition coefficient (Wildman–Crippen LogP) is 4.64. The van der Waals surface area contributed by atoms with Gasteiger partial charge in [-0.05, 0) is 63.2 Å². The Bertz CT molecular complexity index is 1250. The molecule has 0 radical (unpaired) electrons. The van der Waals surface area contributed by atoms with Gasteiger partial charge in [0.25, 0.3) is 0 Å². The van der Waals surface area contributed by atoms with Crippen molar-refractivity contribution in [1.82, 2.24) is 4.90 Å². The van der Waals surface area contributed by atoms with Crippen LogP contribution in [0.1, 0.15) is 25.0 Å². The van der Waals surface area contributed by atoms with E-state index in [1.165, 1.54) is 0 Å². The van der Waals surface area contributed by atoms with E-state index in [2.05, 4.69) is 34.6 Å².